The smallest absolute Gasteiger partial charge is 0.130 e. The van der Waals surface area contributed by atoms with Crippen molar-refractivity contribution in [2.24, 2.45) is 0 Å². The molecule has 1 aliphatic heterocycles. The zero-order chi connectivity index (χ0) is 10.7. The fraction of sp³-hybridized carbons (Fsp3) is 0.333. The summed E-state index contributed by atoms with van der Waals surface area (Å²) in [6, 6.07) is 3.77. The first-order valence-corrected chi connectivity index (χ1v) is 4.88. The first-order valence-electron chi connectivity index (χ1n) is 4.88. The molecule has 0 N–H and O–H groups in total. The lowest BCUT2D eigenvalue weighted by Gasteiger charge is -2.13. The maximum Gasteiger partial charge on any atom is 0.130 e. The number of methoxy groups -OCH3 is 2. The van der Waals surface area contributed by atoms with Gasteiger partial charge in [0.2, 0.25) is 0 Å². The Kier molecular flexibility index (Phi) is 2.81. The largest absolute Gasteiger partial charge is 0.496 e. The molecule has 1 aliphatic rings. The molecule has 1 heterocycles. The Labute approximate surface area is 89.3 Å². The number of hydrogen-bond donors (Lipinski definition) is 0. The van der Waals surface area contributed by atoms with Crippen LogP contribution in [0.2, 0.25) is 0 Å². The minimum atomic E-state index is 0.601. The molecule has 0 aromatic heterocycles. The van der Waals surface area contributed by atoms with E-state index >= 15 is 0 Å². The quantitative estimate of drug-likeness (QED) is 0.694. The van der Waals surface area contributed by atoms with Gasteiger partial charge in [0.15, 0.2) is 0 Å². The van der Waals surface area contributed by atoms with Gasteiger partial charge >= 0.3 is 0 Å². The van der Waals surface area contributed by atoms with Gasteiger partial charge in [0.1, 0.15) is 23.9 Å². The molecule has 0 bridgehead atoms. The van der Waals surface area contributed by atoms with E-state index in [0.717, 1.165) is 29.2 Å². The van der Waals surface area contributed by atoms with E-state index < -0.39 is 0 Å². The van der Waals surface area contributed by atoms with Crippen LogP contribution in [0.4, 0.5) is 0 Å². The summed E-state index contributed by atoms with van der Waals surface area (Å²) in [6.45, 7) is 0.601. The van der Waals surface area contributed by atoms with Crippen LogP contribution >= 0.6 is 0 Å². The second-order valence-corrected chi connectivity index (χ2v) is 3.29. The molecule has 0 saturated carbocycles. The lowest BCUT2D eigenvalue weighted by atomic mass is 10.1. The van der Waals surface area contributed by atoms with Crippen molar-refractivity contribution in [3.63, 3.8) is 0 Å². The van der Waals surface area contributed by atoms with Crippen molar-refractivity contribution in [3.8, 4) is 17.2 Å². The summed E-state index contributed by atoms with van der Waals surface area (Å²) in [5, 5.41) is 0. The van der Waals surface area contributed by atoms with E-state index in [1.54, 1.807) is 14.2 Å². The Bertz CT molecular complexity index is 383. The van der Waals surface area contributed by atoms with Gasteiger partial charge in [-0.15, -0.1) is 0 Å². The van der Waals surface area contributed by atoms with Crippen molar-refractivity contribution in [1.29, 1.82) is 0 Å². The van der Waals surface area contributed by atoms with Gasteiger partial charge < -0.3 is 14.2 Å². The Morgan fingerprint density at radius 1 is 1.13 bits per heavy atom. The van der Waals surface area contributed by atoms with Gasteiger partial charge in [-0.05, 0) is 6.42 Å². The minimum Gasteiger partial charge on any atom is -0.496 e. The van der Waals surface area contributed by atoms with E-state index in [1.165, 1.54) is 0 Å². The van der Waals surface area contributed by atoms with Crippen molar-refractivity contribution in [2.75, 3.05) is 20.8 Å². The summed E-state index contributed by atoms with van der Waals surface area (Å²) in [5.74, 6) is 2.42. The minimum absolute atomic E-state index is 0.601. The molecule has 0 aliphatic carbocycles. The Morgan fingerprint density at radius 2 is 2.00 bits per heavy atom. The first kappa shape index (κ1) is 9.90. The predicted molar refractivity (Wildman–Crippen MR) is 57.9 cm³/mol. The van der Waals surface area contributed by atoms with E-state index in [-0.39, 0.29) is 0 Å². The van der Waals surface area contributed by atoms with E-state index in [0.29, 0.717) is 6.61 Å². The van der Waals surface area contributed by atoms with Crippen molar-refractivity contribution < 1.29 is 14.2 Å². The molecule has 80 valence electrons. The molecule has 1 aromatic rings. The van der Waals surface area contributed by atoms with Crippen molar-refractivity contribution in [2.45, 2.75) is 6.42 Å². The lowest BCUT2D eigenvalue weighted by molar-refractivity contribution is 0.346. The molecular weight excluding hydrogens is 192 g/mol. The van der Waals surface area contributed by atoms with Gasteiger partial charge in [0, 0.05) is 17.7 Å². The molecule has 0 saturated heterocycles. The van der Waals surface area contributed by atoms with Gasteiger partial charge in [-0.2, -0.15) is 0 Å². The summed E-state index contributed by atoms with van der Waals surface area (Å²) in [5.41, 5.74) is 1.08. The van der Waals surface area contributed by atoms with Crippen LogP contribution in [-0.4, -0.2) is 20.8 Å². The molecule has 1 aromatic carbocycles. The van der Waals surface area contributed by atoms with Crippen LogP contribution in [0.3, 0.4) is 0 Å². The van der Waals surface area contributed by atoms with Crippen molar-refractivity contribution in [1.82, 2.24) is 0 Å². The third-order valence-corrected chi connectivity index (χ3v) is 2.42. The number of hydrogen-bond acceptors (Lipinski definition) is 3. The molecule has 3 heteroatoms. The van der Waals surface area contributed by atoms with Crippen LogP contribution in [0.5, 0.6) is 17.2 Å². The standard InChI is InChI=1S/C12H14O3/c1-13-9-7-11(14-2)10-5-3-4-6-15-12(10)8-9/h3-4,7-8H,5-6H2,1-2H3. The Balaban J connectivity index is 2.48. The van der Waals surface area contributed by atoms with Crippen LogP contribution in [0, 0.1) is 0 Å². The summed E-state index contributed by atoms with van der Waals surface area (Å²) in [4.78, 5) is 0. The number of rotatable bonds is 2. The molecule has 0 atom stereocenters. The third-order valence-electron chi connectivity index (χ3n) is 2.42. The molecule has 0 spiro atoms. The van der Waals surface area contributed by atoms with E-state index in [2.05, 4.69) is 6.08 Å². The van der Waals surface area contributed by atoms with Crippen molar-refractivity contribution in [3.05, 3.63) is 29.8 Å². The SMILES string of the molecule is COc1cc(OC)c2c(c1)OCC=CC2. The number of benzene rings is 1. The Morgan fingerprint density at radius 3 is 2.73 bits per heavy atom. The fourth-order valence-electron chi connectivity index (χ4n) is 1.63. The first-order chi connectivity index (χ1) is 7.35. The van der Waals surface area contributed by atoms with Crippen molar-refractivity contribution >= 4 is 0 Å². The molecule has 0 amide bonds. The monoisotopic (exact) mass is 206 g/mol. The summed E-state index contributed by atoms with van der Waals surface area (Å²) >= 11 is 0. The molecule has 0 radical (unpaired) electrons. The van der Waals surface area contributed by atoms with Crippen LogP contribution in [-0.2, 0) is 6.42 Å². The average Bonchev–Trinajstić information content (AvgIpc) is 2.52. The highest BCUT2D eigenvalue weighted by atomic mass is 16.5. The maximum absolute atomic E-state index is 5.59. The summed E-state index contributed by atoms with van der Waals surface area (Å²) in [7, 11) is 3.29. The second kappa shape index (κ2) is 4.26. The molecule has 0 fully saturated rings. The highest BCUT2D eigenvalue weighted by Crippen LogP contribution is 2.35. The van der Waals surface area contributed by atoms with Gasteiger partial charge in [-0.1, -0.05) is 12.2 Å². The van der Waals surface area contributed by atoms with Crippen LogP contribution < -0.4 is 14.2 Å². The predicted octanol–water partition coefficient (Wildman–Crippen LogP) is 2.19. The van der Waals surface area contributed by atoms with Gasteiger partial charge in [0.25, 0.3) is 0 Å². The molecular formula is C12H14O3. The second-order valence-electron chi connectivity index (χ2n) is 3.29. The number of allylic oxidation sites excluding steroid dienone is 1. The lowest BCUT2D eigenvalue weighted by Crippen LogP contribution is -1.98. The number of fused-ring (bicyclic) bond motifs is 1. The Hall–Kier alpha value is -1.64. The van der Waals surface area contributed by atoms with Gasteiger partial charge in [0.05, 0.1) is 14.2 Å². The number of ether oxygens (including phenoxy) is 3. The maximum atomic E-state index is 5.59. The third kappa shape index (κ3) is 1.91. The fourth-order valence-corrected chi connectivity index (χ4v) is 1.63. The van der Waals surface area contributed by atoms with E-state index in [1.807, 2.05) is 18.2 Å². The van der Waals surface area contributed by atoms with Crippen LogP contribution in [0.15, 0.2) is 24.3 Å². The molecule has 3 nitrogen and oxygen atoms in total. The zero-order valence-corrected chi connectivity index (χ0v) is 8.95. The van der Waals surface area contributed by atoms with Gasteiger partial charge in [-0.25, -0.2) is 0 Å². The van der Waals surface area contributed by atoms with E-state index in [4.69, 9.17) is 14.2 Å². The normalized spacial score (nSPS) is 13.7. The summed E-state index contributed by atoms with van der Waals surface area (Å²) in [6.07, 6.45) is 4.93. The van der Waals surface area contributed by atoms with Crippen LogP contribution in [0.1, 0.15) is 5.56 Å². The van der Waals surface area contributed by atoms with Gasteiger partial charge in [-0.3, -0.25) is 0 Å². The highest BCUT2D eigenvalue weighted by molar-refractivity contribution is 5.52. The molecule has 15 heavy (non-hydrogen) atoms. The molecule has 0 unspecified atom stereocenters. The molecule has 2 rings (SSSR count). The van der Waals surface area contributed by atoms with Crippen LogP contribution in [0.25, 0.3) is 0 Å². The zero-order valence-electron chi connectivity index (χ0n) is 8.95. The summed E-state index contributed by atoms with van der Waals surface area (Å²) < 4.78 is 16.1. The topological polar surface area (TPSA) is 27.7 Å². The average molecular weight is 206 g/mol. The van der Waals surface area contributed by atoms with E-state index in [9.17, 15) is 0 Å². The highest BCUT2D eigenvalue weighted by Gasteiger charge is 2.13.